The van der Waals surface area contributed by atoms with Crippen molar-refractivity contribution in [3.63, 3.8) is 0 Å². The number of halogens is 2. The van der Waals surface area contributed by atoms with Gasteiger partial charge in [0, 0.05) is 13.1 Å². The van der Waals surface area contributed by atoms with Crippen molar-refractivity contribution in [2.75, 3.05) is 13.1 Å². The van der Waals surface area contributed by atoms with Gasteiger partial charge in [0.25, 0.3) is 5.91 Å². The van der Waals surface area contributed by atoms with Crippen LogP contribution in [0.25, 0.3) is 0 Å². The molecule has 2 atom stereocenters. The Labute approximate surface area is 82.3 Å². The lowest BCUT2D eigenvalue weighted by atomic mass is 9.82. The first-order valence-corrected chi connectivity index (χ1v) is 5.25. The molecule has 1 aliphatic heterocycles. The lowest BCUT2D eigenvalue weighted by Gasteiger charge is -2.22. The average molecular weight is 203 g/mol. The lowest BCUT2D eigenvalue weighted by molar-refractivity contribution is -0.141. The van der Waals surface area contributed by atoms with Gasteiger partial charge in [0.1, 0.15) is 0 Å². The van der Waals surface area contributed by atoms with Crippen molar-refractivity contribution in [3.05, 3.63) is 0 Å². The molecule has 0 aromatic rings. The van der Waals surface area contributed by atoms with Crippen LogP contribution in [0.2, 0.25) is 0 Å². The van der Waals surface area contributed by atoms with Crippen LogP contribution in [0.5, 0.6) is 0 Å². The summed E-state index contributed by atoms with van der Waals surface area (Å²) < 4.78 is 24.3. The molecule has 2 aliphatic rings. The Morgan fingerprint density at radius 3 is 2.07 bits per heavy atom. The van der Waals surface area contributed by atoms with Gasteiger partial charge in [-0.25, -0.2) is 0 Å². The van der Waals surface area contributed by atoms with E-state index in [0.29, 0.717) is 24.9 Å². The first-order valence-electron chi connectivity index (χ1n) is 5.25. The Morgan fingerprint density at radius 1 is 1.14 bits per heavy atom. The molecule has 0 bridgehead atoms. The van der Waals surface area contributed by atoms with Gasteiger partial charge < -0.3 is 4.90 Å². The minimum absolute atomic E-state index is 0.492. The maximum atomic E-state index is 12.2. The topological polar surface area (TPSA) is 20.3 Å². The van der Waals surface area contributed by atoms with E-state index in [2.05, 4.69) is 0 Å². The Hall–Kier alpha value is -0.670. The molecule has 2 rings (SSSR count). The summed E-state index contributed by atoms with van der Waals surface area (Å²) in [6.07, 6.45) is 1.78. The molecule has 0 N–H and O–H groups in total. The van der Waals surface area contributed by atoms with Crippen molar-refractivity contribution >= 4 is 5.91 Å². The zero-order chi connectivity index (χ0) is 10.1. The first kappa shape index (κ1) is 9.87. The first-order chi connectivity index (χ1) is 6.68. The van der Waals surface area contributed by atoms with Crippen molar-refractivity contribution < 1.29 is 13.6 Å². The predicted molar refractivity (Wildman–Crippen MR) is 48.0 cm³/mol. The molecule has 0 radical (unpaired) electrons. The van der Waals surface area contributed by atoms with E-state index >= 15 is 0 Å². The number of carbonyl (C=O) groups excluding carboxylic acids is 1. The molecule has 80 valence electrons. The molecule has 14 heavy (non-hydrogen) atoms. The quantitative estimate of drug-likeness (QED) is 0.637. The molecule has 2 nitrogen and oxygen atoms in total. The molecule has 0 aromatic carbocycles. The summed E-state index contributed by atoms with van der Waals surface area (Å²) in [4.78, 5) is 12.4. The van der Waals surface area contributed by atoms with E-state index in [1.165, 1.54) is 17.7 Å². The van der Waals surface area contributed by atoms with Crippen LogP contribution in [0.3, 0.4) is 0 Å². The van der Waals surface area contributed by atoms with Crippen molar-refractivity contribution in [1.82, 2.24) is 4.90 Å². The van der Waals surface area contributed by atoms with E-state index in [1.54, 1.807) is 0 Å². The zero-order valence-electron chi connectivity index (χ0n) is 8.09. The summed E-state index contributed by atoms with van der Waals surface area (Å²) in [6.45, 7) is 1.13. The molecule has 1 saturated heterocycles. The molecular weight excluding hydrogens is 188 g/mol. The van der Waals surface area contributed by atoms with E-state index in [9.17, 15) is 13.6 Å². The summed E-state index contributed by atoms with van der Waals surface area (Å²) in [5.41, 5.74) is 0. The number of carbonyl (C=O) groups is 1. The highest BCUT2D eigenvalue weighted by molar-refractivity contribution is 5.79. The number of fused-ring (bicyclic) bond motifs is 1. The molecular formula is C10H15F2NO. The van der Waals surface area contributed by atoms with E-state index in [1.807, 2.05) is 0 Å². The van der Waals surface area contributed by atoms with E-state index in [-0.39, 0.29) is 0 Å². The van der Waals surface area contributed by atoms with Gasteiger partial charge in [-0.15, -0.1) is 0 Å². The van der Waals surface area contributed by atoms with Crippen LogP contribution in [0.4, 0.5) is 8.78 Å². The fraction of sp³-hybridized carbons (Fsp3) is 0.900. The van der Waals surface area contributed by atoms with E-state index < -0.39 is 12.3 Å². The van der Waals surface area contributed by atoms with E-state index in [4.69, 9.17) is 0 Å². The number of likely N-dealkylation sites (tertiary alicyclic amines) is 1. The minimum Gasteiger partial charge on any atom is -0.337 e. The Kier molecular flexibility index (Phi) is 2.70. The molecule has 1 aliphatic carbocycles. The average Bonchev–Trinajstić information content (AvgIpc) is 2.59. The standard InChI is InChI=1S/C10H15F2NO/c11-9(12)10(14)13-5-7-3-1-2-4-8(7)6-13/h7-9H,1-6H2/t7-,8+. The van der Waals surface area contributed by atoms with Crippen molar-refractivity contribution in [3.8, 4) is 0 Å². The third-order valence-corrected chi connectivity index (χ3v) is 3.47. The summed E-state index contributed by atoms with van der Waals surface area (Å²) in [5.74, 6) is 0.0114. The van der Waals surface area contributed by atoms with Gasteiger partial charge in [0.05, 0.1) is 0 Å². The second-order valence-electron chi connectivity index (χ2n) is 4.35. The Morgan fingerprint density at radius 2 is 1.64 bits per heavy atom. The van der Waals surface area contributed by atoms with Gasteiger partial charge in [0.15, 0.2) is 0 Å². The van der Waals surface area contributed by atoms with Crippen LogP contribution in [-0.4, -0.2) is 30.3 Å². The number of alkyl halides is 2. The largest absolute Gasteiger partial charge is 0.337 e. The smallest absolute Gasteiger partial charge is 0.315 e. The second-order valence-corrected chi connectivity index (χ2v) is 4.35. The van der Waals surface area contributed by atoms with Crippen LogP contribution in [0.15, 0.2) is 0 Å². The molecule has 0 unspecified atom stereocenters. The molecule has 2 fully saturated rings. The van der Waals surface area contributed by atoms with Gasteiger partial charge in [-0.1, -0.05) is 12.8 Å². The fourth-order valence-electron chi connectivity index (χ4n) is 2.72. The predicted octanol–water partition coefficient (Wildman–Crippen LogP) is 1.90. The second kappa shape index (κ2) is 3.83. The molecule has 1 saturated carbocycles. The number of amides is 1. The molecule has 0 aromatic heterocycles. The number of rotatable bonds is 1. The van der Waals surface area contributed by atoms with Gasteiger partial charge in [-0.05, 0) is 24.7 Å². The summed E-state index contributed by atoms with van der Waals surface area (Å²) in [7, 11) is 0. The highest BCUT2D eigenvalue weighted by Gasteiger charge is 2.38. The SMILES string of the molecule is O=C(C(F)F)N1C[C@H]2CCCC[C@H]2C1. The van der Waals surface area contributed by atoms with Gasteiger partial charge in [-0.3, -0.25) is 4.79 Å². The summed E-state index contributed by atoms with van der Waals surface area (Å²) in [5, 5.41) is 0. The number of hydrogen-bond donors (Lipinski definition) is 0. The third kappa shape index (κ3) is 1.74. The monoisotopic (exact) mass is 203 g/mol. The van der Waals surface area contributed by atoms with Crippen LogP contribution in [0, 0.1) is 11.8 Å². The van der Waals surface area contributed by atoms with Crippen molar-refractivity contribution in [2.24, 2.45) is 11.8 Å². The summed E-state index contributed by atoms with van der Waals surface area (Å²) >= 11 is 0. The van der Waals surface area contributed by atoms with Crippen LogP contribution in [-0.2, 0) is 4.79 Å². The van der Waals surface area contributed by atoms with Gasteiger partial charge in [0.2, 0.25) is 0 Å². The number of hydrogen-bond acceptors (Lipinski definition) is 1. The van der Waals surface area contributed by atoms with Gasteiger partial charge in [-0.2, -0.15) is 8.78 Å². The van der Waals surface area contributed by atoms with E-state index in [0.717, 1.165) is 12.8 Å². The normalized spacial score (nSPS) is 32.1. The fourth-order valence-corrected chi connectivity index (χ4v) is 2.72. The highest BCUT2D eigenvalue weighted by Crippen LogP contribution is 2.36. The highest BCUT2D eigenvalue weighted by atomic mass is 19.3. The molecule has 4 heteroatoms. The van der Waals surface area contributed by atoms with Crippen LogP contribution in [0.1, 0.15) is 25.7 Å². The maximum absolute atomic E-state index is 12.2. The minimum atomic E-state index is -2.82. The molecule has 1 amide bonds. The van der Waals surface area contributed by atoms with Crippen LogP contribution < -0.4 is 0 Å². The number of nitrogens with zero attached hydrogens (tertiary/aromatic N) is 1. The van der Waals surface area contributed by atoms with Crippen LogP contribution >= 0.6 is 0 Å². The third-order valence-electron chi connectivity index (χ3n) is 3.47. The van der Waals surface area contributed by atoms with Gasteiger partial charge >= 0.3 is 6.43 Å². The zero-order valence-corrected chi connectivity index (χ0v) is 8.09. The Bertz CT molecular complexity index is 218. The lowest BCUT2D eigenvalue weighted by Crippen LogP contribution is -2.33. The maximum Gasteiger partial charge on any atom is 0.315 e. The molecule has 1 heterocycles. The summed E-state index contributed by atoms with van der Waals surface area (Å²) in [6, 6.07) is 0. The Balaban J connectivity index is 1.95. The molecule has 0 spiro atoms. The van der Waals surface area contributed by atoms with Crippen molar-refractivity contribution in [1.29, 1.82) is 0 Å². The van der Waals surface area contributed by atoms with Crippen molar-refractivity contribution in [2.45, 2.75) is 32.1 Å².